The largest absolute Gasteiger partial charge is 0.351 e. The van der Waals surface area contributed by atoms with E-state index in [1.165, 1.54) is 37.7 Å². The molecule has 0 saturated carbocycles. The summed E-state index contributed by atoms with van der Waals surface area (Å²) in [6.45, 7) is 10.5. The first-order valence-electron chi connectivity index (χ1n) is 9.23. The van der Waals surface area contributed by atoms with Gasteiger partial charge in [0.25, 0.3) is 0 Å². The number of carbonyl (C=O) groups excluding carboxylic acids is 1. The lowest BCUT2D eigenvalue weighted by molar-refractivity contribution is -0.121. The Morgan fingerprint density at radius 1 is 1.09 bits per heavy atom. The van der Waals surface area contributed by atoms with E-state index in [4.69, 9.17) is 0 Å². The summed E-state index contributed by atoms with van der Waals surface area (Å²) in [7, 11) is 0. The van der Waals surface area contributed by atoms with Crippen LogP contribution < -0.4 is 5.32 Å². The predicted octanol–water partition coefficient (Wildman–Crippen LogP) is 5.37. The molecule has 0 aromatic heterocycles. The molecule has 0 saturated heterocycles. The van der Waals surface area contributed by atoms with E-state index >= 15 is 0 Å². The summed E-state index contributed by atoms with van der Waals surface area (Å²) >= 11 is 0. The van der Waals surface area contributed by atoms with Crippen LogP contribution in [0.5, 0.6) is 0 Å². The summed E-state index contributed by atoms with van der Waals surface area (Å²) in [5, 5.41) is 3.22. The highest BCUT2D eigenvalue weighted by atomic mass is 16.1. The maximum atomic E-state index is 11.7. The van der Waals surface area contributed by atoms with Gasteiger partial charge in [0.15, 0.2) is 0 Å². The molecule has 0 aliphatic heterocycles. The molecular formula is C21H35NO. The Hall–Kier alpha value is -1.31. The van der Waals surface area contributed by atoms with Crippen LogP contribution in [0.1, 0.15) is 72.3 Å². The first-order chi connectivity index (χ1) is 10.9. The molecule has 0 fully saturated rings. The number of amides is 1. The average molecular weight is 318 g/mol. The summed E-state index contributed by atoms with van der Waals surface area (Å²) in [5.74, 6) is 1.18. The molecule has 1 amide bonds. The van der Waals surface area contributed by atoms with Gasteiger partial charge in [-0.25, -0.2) is 0 Å². The molecule has 1 N–H and O–H groups in total. The smallest absolute Gasteiger partial charge is 0.217 e. The fourth-order valence-electron chi connectivity index (χ4n) is 3.81. The maximum Gasteiger partial charge on any atom is 0.217 e. The van der Waals surface area contributed by atoms with Crippen LogP contribution >= 0.6 is 0 Å². The van der Waals surface area contributed by atoms with Gasteiger partial charge >= 0.3 is 0 Å². The van der Waals surface area contributed by atoms with E-state index in [1.807, 2.05) is 0 Å². The zero-order valence-electron chi connectivity index (χ0n) is 15.7. The van der Waals surface area contributed by atoms with E-state index in [-0.39, 0.29) is 11.4 Å². The van der Waals surface area contributed by atoms with Crippen molar-refractivity contribution in [2.75, 3.05) is 0 Å². The number of carbonyl (C=O) groups is 1. The molecule has 23 heavy (non-hydrogen) atoms. The lowest BCUT2D eigenvalue weighted by atomic mass is 9.71. The molecule has 2 atom stereocenters. The van der Waals surface area contributed by atoms with Crippen molar-refractivity contribution < 1.29 is 4.79 Å². The molecule has 0 aliphatic carbocycles. The van der Waals surface area contributed by atoms with Crippen LogP contribution in [0.3, 0.4) is 0 Å². The van der Waals surface area contributed by atoms with Crippen molar-refractivity contribution in [1.82, 2.24) is 5.32 Å². The van der Waals surface area contributed by atoms with Crippen LogP contribution in [0, 0.1) is 11.8 Å². The second kappa shape index (κ2) is 9.75. The van der Waals surface area contributed by atoms with Crippen LogP contribution in [-0.4, -0.2) is 11.4 Å². The van der Waals surface area contributed by atoms with Gasteiger partial charge in [0.1, 0.15) is 0 Å². The van der Waals surface area contributed by atoms with Crippen molar-refractivity contribution in [3.63, 3.8) is 0 Å². The van der Waals surface area contributed by atoms with Gasteiger partial charge in [-0.2, -0.15) is 0 Å². The molecule has 130 valence electrons. The Morgan fingerprint density at radius 3 is 2.26 bits per heavy atom. The minimum absolute atomic E-state index is 0.0683. The highest BCUT2D eigenvalue weighted by molar-refractivity contribution is 5.73. The zero-order valence-corrected chi connectivity index (χ0v) is 15.7. The molecule has 1 rings (SSSR count). The first-order valence-corrected chi connectivity index (χ1v) is 9.23. The minimum atomic E-state index is -0.185. The number of unbranched alkanes of at least 4 members (excludes halogenated alkanes) is 1. The molecule has 0 radical (unpaired) electrons. The van der Waals surface area contributed by atoms with Gasteiger partial charge in [0.2, 0.25) is 5.91 Å². The van der Waals surface area contributed by atoms with Crippen molar-refractivity contribution in [3.05, 3.63) is 35.9 Å². The third-order valence-corrected chi connectivity index (χ3v) is 4.88. The van der Waals surface area contributed by atoms with E-state index in [2.05, 4.69) is 63.3 Å². The number of benzene rings is 1. The normalized spacial score (nSPS) is 14.3. The van der Waals surface area contributed by atoms with Crippen molar-refractivity contribution >= 4 is 5.91 Å². The number of rotatable bonds is 10. The molecule has 2 heteroatoms. The zero-order chi connectivity index (χ0) is 17.3. The van der Waals surface area contributed by atoms with Gasteiger partial charge in [0.05, 0.1) is 0 Å². The number of hydrogen-bond acceptors (Lipinski definition) is 1. The van der Waals surface area contributed by atoms with Crippen molar-refractivity contribution in [2.45, 2.75) is 78.7 Å². The summed E-state index contributed by atoms with van der Waals surface area (Å²) in [6, 6.07) is 10.7. The Balaban J connectivity index is 3.03. The van der Waals surface area contributed by atoms with Gasteiger partial charge in [-0.3, -0.25) is 4.79 Å². The maximum absolute atomic E-state index is 11.7. The molecule has 2 unspecified atom stereocenters. The van der Waals surface area contributed by atoms with E-state index in [0.717, 1.165) is 6.42 Å². The third kappa shape index (κ3) is 6.76. The summed E-state index contributed by atoms with van der Waals surface area (Å²) in [4.78, 5) is 11.7. The van der Waals surface area contributed by atoms with Crippen LogP contribution in [-0.2, 0) is 11.2 Å². The van der Waals surface area contributed by atoms with Gasteiger partial charge in [-0.05, 0) is 37.7 Å². The van der Waals surface area contributed by atoms with E-state index in [9.17, 15) is 4.79 Å². The van der Waals surface area contributed by atoms with Gasteiger partial charge < -0.3 is 5.32 Å². The van der Waals surface area contributed by atoms with E-state index in [1.54, 1.807) is 6.92 Å². The summed E-state index contributed by atoms with van der Waals surface area (Å²) in [5.41, 5.74) is 1.18. The van der Waals surface area contributed by atoms with Gasteiger partial charge in [-0.15, -0.1) is 0 Å². The fraction of sp³-hybridized carbons (Fsp3) is 0.667. The molecular weight excluding hydrogens is 282 g/mol. The molecule has 0 aliphatic rings. The molecule has 2 nitrogen and oxygen atoms in total. The van der Waals surface area contributed by atoms with Crippen LogP contribution in [0.2, 0.25) is 0 Å². The van der Waals surface area contributed by atoms with Crippen LogP contribution in [0.4, 0.5) is 0 Å². The second-order valence-corrected chi connectivity index (χ2v) is 7.39. The Bertz CT molecular complexity index is 452. The highest BCUT2D eigenvalue weighted by Gasteiger charge is 2.35. The highest BCUT2D eigenvalue weighted by Crippen LogP contribution is 2.34. The Morgan fingerprint density at radius 2 is 1.74 bits per heavy atom. The second-order valence-electron chi connectivity index (χ2n) is 7.39. The average Bonchev–Trinajstić information content (AvgIpc) is 2.49. The first kappa shape index (κ1) is 19.7. The number of nitrogens with one attached hydrogen (secondary N) is 1. The topological polar surface area (TPSA) is 29.1 Å². The standard InChI is InChI=1S/C21H35NO/c1-6-8-15-19(12-7-2)20(21(4,5)22-17(3)23)16-18-13-10-9-11-14-18/h9-11,13-14,19-20H,6-8,12,15-16H2,1-5H3,(H,22,23). The Labute approximate surface area is 143 Å². The Kier molecular flexibility index (Phi) is 8.36. The number of hydrogen-bond donors (Lipinski definition) is 1. The predicted molar refractivity (Wildman–Crippen MR) is 99.5 cm³/mol. The van der Waals surface area contributed by atoms with Crippen LogP contribution in [0.15, 0.2) is 30.3 Å². The minimum Gasteiger partial charge on any atom is -0.351 e. The lowest BCUT2D eigenvalue weighted by Gasteiger charge is -2.40. The van der Waals surface area contributed by atoms with Crippen LogP contribution in [0.25, 0.3) is 0 Å². The molecule has 0 bridgehead atoms. The van der Waals surface area contributed by atoms with Crippen molar-refractivity contribution in [3.8, 4) is 0 Å². The summed E-state index contributed by atoms with van der Waals surface area (Å²) in [6.07, 6.45) is 7.23. The third-order valence-electron chi connectivity index (χ3n) is 4.88. The van der Waals surface area contributed by atoms with Crippen molar-refractivity contribution in [1.29, 1.82) is 0 Å². The SMILES string of the molecule is CCCCC(CCC)C(Cc1ccccc1)C(C)(C)NC(C)=O. The van der Waals surface area contributed by atoms with Crippen molar-refractivity contribution in [2.24, 2.45) is 11.8 Å². The molecule has 1 aromatic carbocycles. The summed E-state index contributed by atoms with van der Waals surface area (Å²) < 4.78 is 0. The molecule has 0 heterocycles. The molecule has 0 spiro atoms. The fourth-order valence-corrected chi connectivity index (χ4v) is 3.81. The van der Waals surface area contributed by atoms with E-state index in [0.29, 0.717) is 11.8 Å². The molecule has 1 aromatic rings. The van der Waals surface area contributed by atoms with E-state index < -0.39 is 0 Å². The monoisotopic (exact) mass is 317 g/mol. The quantitative estimate of drug-likeness (QED) is 0.618. The van der Waals surface area contributed by atoms with Gasteiger partial charge in [0, 0.05) is 12.5 Å². The van der Waals surface area contributed by atoms with Gasteiger partial charge in [-0.1, -0.05) is 76.3 Å². The lowest BCUT2D eigenvalue weighted by Crippen LogP contribution is -2.51.